The molecule has 0 aromatic rings. The normalized spacial score (nSPS) is 9.57. The van der Waals surface area contributed by atoms with E-state index in [0.29, 0.717) is 0 Å². The maximum atomic E-state index is 9.53. The summed E-state index contributed by atoms with van der Waals surface area (Å²) >= 11 is 10.0. The zero-order chi connectivity index (χ0) is 5.86. The molecule has 0 aromatic heterocycles. The van der Waals surface area contributed by atoms with Gasteiger partial charge in [-0.15, -0.1) is 23.2 Å². The van der Waals surface area contributed by atoms with E-state index in [1.54, 1.807) is 0 Å². The van der Waals surface area contributed by atoms with Crippen molar-refractivity contribution < 1.29 is 9.90 Å². The predicted molar refractivity (Wildman–Crippen MR) is 25.8 cm³/mol. The second-order valence-corrected chi connectivity index (χ2v) is 2.24. The van der Waals surface area contributed by atoms with Crippen molar-refractivity contribution in [3.63, 3.8) is 0 Å². The summed E-state index contributed by atoms with van der Waals surface area (Å²) in [5.41, 5.74) is 0. The van der Waals surface area contributed by atoms with Gasteiger partial charge in [0.25, 0.3) is 0 Å². The maximum absolute atomic E-state index is 9.53. The van der Waals surface area contributed by atoms with E-state index >= 15 is 0 Å². The van der Waals surface area contributed by atoms with Gasteiger partial charge in [0.15, 0.2) is 0 Å². The van der Waals surface area contributed by atoms with Crippen LogP contribution >= 0.6 is 23.2 Å². The lowest BCUT2D eigenvalue weighted by atomic mass is 10.5. The van der Waals surface area contributed by atoms with Crippen LogP contribution in [-0.2, 0) is 9.90 Å². The molecule has 1 radical (unpaired) electrons. The van der Waals surface area contributed by atoms with Crippen LogP contribution in [0.2, 0.25) is 0 Å². The number of carbonyl (C=O) groups excluding carboxylic acids is 1. The molecule has 0 unspecified atom stereocenters. The van der Waals surface area contributed by atoms with Crippen LogP contribution in [0.15, 0.2) is 0 Å². The molecule has 4 heteroatoms. The summed E-state index contributed by atoms with van der Waals surface area (Å²) in [6.45, 7) is 0. The van der Waals surface area contributed by atoms with Gasteiger partial charge in [0.05, 0.1) is 6.42 Å². The highest BCUT2D eigenvalue weighted by molar-refractivity contribution is 6.44. The predicted octanol–water partition coefficient (Wildman–Crippen LogP) is 1.14. The maximum Gasteiger partial charge on any atom is 0.358 e. The molecule has 0 spiro atoms. The highest BCUT2D eigenvalue weighted by Gasteiger charge is 2.05. The lowest BCUT2D eigenvalue weighted by Crippen LogP contribution is -1.97. The Balaban J connectivity index is 3.13. The topological polar surface area (TPSA) is 37.0 Å². The van der Waals surface area contributed by atoms with Gasteiger partial charge >= 0.3 is 5.97 Å². The first-order valence-electron chi connectivity index (χ1n) is 1.61. The largest absolute Gasteiger partial charge is 0.358 e. The number of rotatable bonds is 2. The molecule has 0 aliphatic carbocycles. The van der Waals surface area contributed by atoms with Crippen LogP contribution in [0, 0.1) is 0 Å². The molecular weight excluding hydrogens is 139 g/mol. The van der Waals surface area contributed by atoms with Crippen molar-refractivity contribution in [1.29, 1.82) is 0 Å². The molecule has 0 aliphatic rings. The number of carbonyl (C=O) groups is 1. The van der Waals surface area contributed by atoms with Gasteiger partial charge in [0.1, 0.15) is 4.84 Å². The molecule has 0 N–H and O–H groups in total. The van der Waals surface area contributed by atoms with Gasteiger partial charge < -0.3 is 0 Å². The molecule has 0 bridgehead atoms. The molecule has 0 atom stereocenters. The fraction of sp³-hybridized carbons (Fsp3) is 0.667. The van der Waals surface area contributed by atoms with Crippen molar-refractivity contribution >= 4 is 29.2 Å². The quantitative estimate of drug-likeness (QED) is 0.532. The third-order valence-electron chi connectivity index (χ3n) is 0.321. The molecule has 0 saturated heterocycles. The number of alkyl halides is 2. The third kappa shape index (κ3) is 6.05. The highest BCUT2D eigenvalue weighted by Crippen LogP contribution is 2.05. The molecule has 0 aliphatic heterocycles. The first kappa shape index (κ1) is 7.05. The molecule has 7 heavy (non-hydrogen) atoms. The Hall–Kier alpha value is 0.0500. The van der Waals surface area contributed by atoms with Crippen molar-refractivity contribution in [2.45, 2.75) is 11.3 Å². The first-order chi connectivity index (χ1) is 3.13. The van der Waals surface area contributed by atoms with E-state index in [-0.39, 0.29) is 6.42 Å². The van der Waals surface area contributed by atoms with Crippen LogP contribution in [-0.4, -0.2) is 10.8 Å². The van der Waals surface area contributed by atoms with Crippen LogP contribution in [0.3, 0.4) is 0 Å². The fourth-order valence-corrected chi connectivity index (χ4v) is 0.378. The monoisotopic (exact) mass is 141 g/mol. The Kier molecular flexibility index (Phi) is 3.13. The second kappa shape index (κ2) is 3.10. The summed E-state index contributed by atoms with van der Waals surface area (Å²) in [6, 6.07) is 0. The van der Waals surface area contributed by atoms with Crippen LogP contribution in [0.25, 0.3) is 0 Å². The fourth-order valence-electron chi connectivity index (χ4n) is 0.126. The van der Waals surface area contributed by atoms with Crippen molar-refractivity contribution in [2.24, 2.45) is 0 Å². The molecular formula is C3H3Cl2O2. The minimum atomic E-state index is -1.23. The lowest BCUT2D eigenvalue weighted by Gasteiger charge is -1.87. The minimum Gasteiger partial charge on any atom is -0.247 e. The second-order valence-electron chi connectivity index (χ2n) is 0.967. The van der Waals surface area contributed by atoms with Crippen LogP contribution < -0.4 is 0 Å². The average molecular weight is 142 g/mol. The Labute approximate surface area is 51.0 Å². The molecule has 41 valence electrons. The molecule has 0 saturated carbocycles. The lowest BCUT2D eigenvalue weighted by molar-refractivity contribution is -0.142. The van der Waals surface area contributed by atoms with Crippen LogP contribution in [0.1, 0.15) is 6.42 Å². The Morgan fingerprint density at radius 3 is 2.00 bits per heavy atom. The van der Waals surface area contributed by atoms with E-state index in [1.165, 1.54) is 0 Å². The van der Waals surface area contributed by atoms with E-state index in [9.17, 15) is 9.90 Å². The van der Waals surface area contributed by atoms with Crippen molar-refractivity contribution in [3.8, 4) is 0 Å². The van der Waals surface area contributed by atoms with Gasteiger partial charge in [-0.1, -0.05) is 0 Å². The Morgan fingerprint density at radius 1 is 1.57 bits per heavy atom. The van der Waals surface area contributed by atoms with Gasteiger partial charge in [-0.05, 0) is 0 Å². The van der Waals surface area contributed by atoms with E-state index in [4.69, 9.17) is 23.2 Å². The van der Waals surface area contributed by atoms with Gasteiger partial charge in [-0.2, -0.15) is 0 Å². The van der Waals surface area contributed by atoms with E-state index in [2.05, 4.69) is 0 Å². The van der Waals surface area contributed by atoms with Crippen molar-refractivity contribution in [3.05, 3.63) is 0 Å². The molecule has 0 heterocycles. The molecule has 2 nitrogen and oxygen atoms in total. The van der Waals surface area contributed by atoms with Gasteiger partial charge in [0.2, 0.25) is 0 Å². The summed E-state index contributed by atoms with van der Waals surface area (Å²) in [6.07, 6.45) is -0.302. The zero-order valence-corrected chi connectivity index (χ0v) is 4.87. The molecule has 0 aromatic carbocycles. The van der Waals surface area contributed by atoms with Crippen LogP contribution in [0.4, 0.5) is 0 Å². The van der Waals surface area contributed by atoms with E-state index in [0.717, 1.165) is 0 Å². The SMILES string of the molecule is [O]C(=O)CC(Cl)Cl. The molecule has 0 fully saturated rings. The van der Waals surface area contributed by atoms with Crippen molar-refractivity contribution in [1.82, 2.24) is 0 Å². The molecule has 0 rings (SSSR count). The smallest absolute Gasteiger partial charge is 0.247 e. The van der Waals surface area contributed by atoms with Crippen molar-refractivity contribution in [2.75, 3.05) is 0 Å². The number of hydrogen-bond acceptors (Lipinski definition) is 1. The van der Waals surface area contributed by atoms with E-state index < -0.39 is 10.8 Å². The summed E-state index contributed by atoms with van der Waals surface area (Å²) < 4.78 is 0. The van der Waals surface area contributed by atoms with Crippen LogP contribution in [0.5, 0.6) is 0 Å². The molecule has 0 amide bonds. The van der Waals surface area contributed by atoms with Gasteiger partial charge in [-0.25, -0.2) is 9.90 Å². The van der Waals surface area contributed by atoms with Gasteiger partial charge in [-0.3, -0.25) is 0 Å². The Morgan fingerprint density at radius 2 is 2.00 bits per heavy atom. The summed E-state index contributed by atoms with van der Waals surface area (Å²) in [5, 5.41) is 9.53. The summed E-state index contributed by atoms with van der Waals surface area (Å²) in [4.78, 5) is 8.69. The Bertz CT molecular complexity index is 71.3. The number of hydrogen-bond donors (Lipinski definition) is 0. The zero-order valence-electron chi connectivity index (χ0n) is 3.36. The summed E-state index contributed by atoms with van der Waals surface area (Å²) in [7, 11) is 0. The van der Waals surface area contributed by atoms with E-state index in [1.807, 2.05) is 0 Å². The average Bonchev–Trinajstić information content (AvgIpc) is 1.27. The summed E-state index contributed by atoms with van der Waals surface area (Å²) in [5.74, 6) is -1.23. The third-order valence-corrected chi connectivity index (χ3v) is 0.630. The standard InChI is InChI=1S/C3H3Cl2O2/c4-2(5)1-3(6)7/h2H,1H2. The van der Waals surface area contributed by atoms with Gasteiger partial charge in [0, 0.05) is 0 Å². The minimum absolute atomic E-state index is 0.302. The number of halogens is 2. The first-order valence-corrected chi connectivity index (χ1v) is 2.48. The highest BCUT2D eigenvalue weighted by atomic mass is 35.5.